The molecular weight excluding hydrogens is 282 g/mol. The molecule has 0 aliphatic heterocycles. The van der Waals surface area contributed by atoms with Gasteiger partial charge in [-0.3, -0.25) is 4.79 Å². The van der Waals surface area contributed by atoms with Crippen LogP contribution in [0.25, 0.3) is 0 Å². The molecule has 0 heterocycles. The van der Waals surface area contributed by atoms with Crippen LogP contribution in [0.15, 0.2) is 5.16 Å². The second kappa shape index (κ2) is 8.98. The van der Waals surface area contributed by atoms with Crippen LogP contribution in [-0.4, -0.2) is 35.6 Å². The van der Waals surface area contributed by atoms with Gasteiger partial charge in [-0.1, -0.05) is 32.3 Å². The fourth-order valence-electron chi connectivity index (χ4n) is 3.25. The van der Waals surface area contributed by atoms with E-state index >= 15 is 0 Å². The summed E-state index contributed by atoms with van der Waals surface area (Å²) in [4.78, 5) is 16.5. The summed E-state index contributed by atoms with van der Waals surface area (Å²) in [5.74, 6) is 1.23. The van der Waals surface area contributed by atoms with E-state index in [-0.39, 0.29) is 12.6 Å². The number of amidine groups is 1. The maximum Gasteiger partial charge on any atom is 0.320 e. The molecule has 0 aromatic rings. The predicted octanol–water partition coefficient (Wildman–Crippen LogP) is 2.19. The van der Waals surface area contributed by atoms with Crippen molar-refractivity contribution in [3.8, 4) is 0 Å². The average Bonchev–Trinajstić information content (AvgIpc) is 2.41. The third-order valence-electron chi connectivity index (χ3n) is 4.44. The van der Waals surface area contributed by atoms with Gasteiger partial charge in [0.1, 0.15) is 18.5 Å². The maximum absolute atomic E-state index is 11.5. The first-order chi connectivity index (χ1) is 10.3. The quantitative estimate of drug-likeness (QED) is 0.276. The van der Waals surface area contributed by atoms with Gasteiger partial charge in [0.2, 0.25) is 0 Å². The third-order valence-corrected chi connectivity index (χ3v) is 4.44. The number of carboxylic acid groups (broad SMARTS) is 1. The Bertz CT molecular complexity index is 381. The van der Waals surface area contributed by atoms with Crippen LogP contribution in [0, 0.1) is 17.8 Å². The fourth-order valence-corrected chi connectivity index (χ4v) is 3.25. The number of nitrogens with two attached hydrogens (primary N) is 1. The molecule has 0 saturated heterocycles. The van der Waals surface area contributed by atoms with Gasteiger partial charge in [0.05, 0.1) is 0 Å². The number of oxime groups is 1. The van der Waals surface area contributed by atoms with Gasteiger partial charge in [0, 0.05) is 12.5 Å². The van der Waals surface area contributed by atoms with Crippen molar-refractivity contribution < 1.29 is 14.7 Å². The van der Waals surface area contributed by atoms with Crippen LogP contribution in [0.1, 0.15) is 53.4 Å². The van der Waals surface area contributed by atoms with Crippen LogP contribution >= 0.6 is 0 Å². The zero-order valence-corrected chi connectivity index (χ0v) is 14.2. The number of aliphatic carboxylic acids is 1. The Hall–Kier alpha value is -1.30. The Morgan fingerprint density at radius 1 is 1.45 bits per heavy atom. The van der Waals surface area contributed by atoms with Crippen molar-refractivity contribution in [1.29, 1.82) is 0 Å². The molecule has 4 N–H and O–H groups in total. The summed E-state index contributed by atoms with van der Waals surface area (Å²) in [6, 6.07) is -0.352. The third kappa shape index (κ3) is 6.22. The lowest BCUT2D eigenvalue weighted by atomic mass is 9.73. The second-order valence-corrected chi connectivity index (χ2v) is 6.84. The minimum atomic E-state index is -0.835. The highest BCUT2D eigenvalue weighted by atomic mass is 16.6. The van der Waals surface area contributed by atoms with E-state index in [4.69, 9.17) is 10.6 Å². The molecule has 128 valence electrons. The van der Waals surface area contributed by atoms with Gasteiger partial charge in [0.15, 0.2) is 0 Å². The van der Waals surface area contributed by atoms with Gasteiger partial charge in [-0.2, -0.15) is 0 Å². The Labute approximate surface area is 133 Å². The van der Waals surface area contributed by atoms with Gasteiger partial charge >= 0.3 is 5.97 Å². The first-order valence-corrected chi connectivity index (χ1v) is 8.22. The Morgan fingerprint density at radius 3 is 2.68 bits per heavy atom. The highest BCUT2D eigenvalue weighted by Crippen LogP contribution is 2.33. The molecule has 0 bridgehead atoms. The molecule has 4 atom stereocenters. The molecule has 1 saturated carbocycles. The van der Waals surface area contributed by atoms with Crippen molar-refractivity contribution in [3.05, 3.63) is 0 Å². The molecule has 0 radical (unpaired) electrons. The van der Waals surface area contributed by atoms with Crippen LogP contribution in [0.4, 0.5) is 0 Å². The van der Waals surface area contributed by atoms with E-state index in [9.17, 15) is 9.90 Å². The van der Waals surface area contributed by atoms with Crippen molar-refractivity contribution >= 4 is 11.8 Å². The lowest BCUT2D eigenvalue weighted by Crippen LogP contribution is -2.50. The van der Waals surface area contributed by atoms with Crippen molar-refractivity contribution in [3.63, 3.8) is 0 Å². The van der Waals surface area contributed by atoms with E-state index in [2.05, 4.69) is 31.2 Å². The number of hydrogen-bond donors (Lipinski definition) is 3. The minimum absolute atomic E-state index is 0.243. The monoisotopic (exact) mass is 313 g/mol. The Kier molecular flexibility index (Phi) is 7.65. The molecule has 0 spiro atoms. The fraction of sp³-hybridized carbons (Fsp3) is 0.875. The molecule has 0 amide bonds. The Morgan fingerprint density at radius 2 is 2.14 bits per heavy atom. The van der Waals surface area contributed by atoms with E-state index in [0.717, 1.165) is 12.8 Å². The normalized spacial score (nSPS) is 27.7. The van der Waals surface area contributed by atoms with E-state index < -0.39 is 12.0 Å². The predicted molar refractivity (Wildman–Crippen MR) is 87.6 cm³/mol. The van der Waals surface area contributed by atoms with Gasteiger partial charge in [-0.25, -0.2) is 0 Å². The van der Waals surface area contributed by atoms with E-state index in [1.165, 1.54) is 6.42 Å². The summed E-state index contributed by atoms with van der Waals surface area (Å²) in [5.41, 5.74) is 5.38. The first-order valence-electron chi connectivity index (χ1n) is 8.22. The minimum Gasteiger partial charge on any atom is -0.480 e. The summed E-state index contributed by atoms with van der Waals surface area (Å²) in [6.07, 6.45) is 3.80. The summed E-state index contributed by atoms with van der Waals surface area (Å²) in [5, 5.41) is 16.4. The summed E-state index contributed by atoms with van der Waals surface area (Å²) >= 11 is 0. The van der Waals surface area contributed by atoms with Crippen LogP contribution in [0.2, 0.25) is 0 Å². The highest BCUT2D eigenvalue weighted by molar-refractivity contribution is 5.76. The van der Waals surface area contributed by atoms with Gasteiger partial charge in [0.25, 0.3) is 0 Å². The number of carboxylic acids is 1. The second-order valence-electron chi connectivity index (χ2n) is 6.84. The molecule has 6 heteroatoms. The topological polar surface area (TPSA) is 96.9 Å². The molecule has 1 fully saturated rings. The lowest BCUT2D eigenvalue weighted by Gasteiger charge is -2.39. The highest BCUT2D eigenvalue weighted by Gasteiger charge is 2.33. The summed E-state index contributed by atoms with van der Waals surface area (Å²) in [6.45, 7) is 8.54. The van der Waals surface area contributed by atoms with Gasteiger partial charge in [-0.15, -0.1) is 0 Å². The van der Waals surface area contributed by atoms with E-state index in [1.807, 2.05) is 0 Å². The average molecular weight is 313 g/mol. The van der Waals surface area contributed by atoms with Crippen LogP contribution in [0.3, 0.4) is 0 Å². The molecule has 22 heavy (non-hydrogen) atoms. The van der Waals surface area contributed by atoms with Crippen molar-refractivity contribution in [2.75, 3.05) is 6.61 Å². The lowest BCUT2D eigenvalue weighted by molar-refractivity contribution is -0.140. The maximum atomic E-state index is 11.5. The summed E-state index contributed by atoms with van der Waals surface area (Å²) in [7, 11) is 0. The Balaban J connectivity index is 2.59. The van der Waals surface area contributed by atoms with Gasteiger partial charge < -0.3 is 21.0 Å². The number of rotatable bonds is 8. The van der Waals surface area contributed by atoms with Crippen molar-refractivity contribution in [1.82, 2.24) is 5.32 Å². The van der Waals surface area contributed by atoms with Crippen LogP contribution in [0.5, 0.6) is 0 Å². The number of nitrogens with one attached hydrogen (secondary N) is 1. The molecule has 1 rings (SSSR count). The SMILES string of the molecule is C/C(N)=N/OCC[C@H](NC1CC(C)CCC1C(C)C)C(=O)O. The molecule has 1 aliphatic rings. The van der Waals surface area contributed by atoms with Crippen molar-refractivity contribution in [2.24, 2.45) is 28.6 Å². The zero-order valence-electron chi connectivity index (χ0n) is 14.2. The van der Waals surface area contributed by atoms with Crippen molar-refractivity contribution in [2.45, 2.75) is 65.5 Å². The molecular formula is C16H31N3O3. The number of carbonyl (C=O) groups is 1. The molecule has 3 unspecified atom stereocenters. The van der Waals surface area contributed by atoms with Crippen LogP contribution < -0.4 is 11.1 Å². The summed E-state index contributed by atoms with van der Waals surface area (Å²) < 4.78 is 0. The molecule has 6 nitrogen and oxygen atoms in total. The first kappa shape index (κ1) is 18.7. The van der Waals surface area contributed by atoms with E-state index in [1.54, 1.807) is 6.92 Å². The largest absolute Gasteiger partial charge is 0.480 e. The zero-order chi connectivity index (χ0) is 16.7. The number of nitrogens with zero attached hydrogens (tertiary/aromatic N) is 1. The smallest absolute Gasteiger partial charge is 0.320 e. The molecule has 0 aromatic heterocycles. The molecule has 0 aromatic carbocycles. The molecule has 1 aliphatic carbocycles. The van der Waals surface area contributed by atoms with Crippen LogP contribution in [-0.2, 0) is 9.63 Å². The van der Waals surface area contributed by atoms with E-state index in [0.29, 0.717) is 30.0 Å². The van der Waals surface area contributed by atoms with Gasteiger partial charge in [-0.05, 0) is 37.5 Å². The number of hydrogen-bond acceptors (Lipinski definition) is 4. The standard InChI is InChI=1S/C16H31N3O3/c1-10(2)13-6-5-11(3)9-15(13)18-14(16(20)21)7-8-22-19-12(4)17/h10-11,13-15,18H,5-9H2,1-4H3,(H2,17,19)(H,20,21)/t11?,13?,14-,15?/m0/s1.